The van der Waals surface area contributed by atoms with Crippen molar-refractivity contribution >= 4 is 28.2 Å². The van der Waals surface area contributed by atoms with Gasteiger partial charge in [-0.3, -0.25) is 4.79 Å². The van der Waals surface area contributed by atoms with Crippen LogP contribution in [0.4, 0.5) is 10.9 Å². The first-order chi connectivity index (χ1) is 9.86. The van der Waals surface area contributed by atoms with E-state index < -0.39 is 0 Å². The highest BCUT2D eigenvalue weighted by molar-refractivity contribution is 7.18. The Balaban J connectivity index is 2.08. The zero-order valence-electron chi connectivity index (χ0n) is 12.6. The third-order valence-electron chi connectivity index (χ3n) is 2.81. The van der Waals surface area contributed by atoms with Crippen LogP contribution in [-0.2, 0) is 0 Å². The van der Waals surface area contributed by atoms with Crippen LogP contribution in [0.5, 0.6) is 0 Å². The molecule has 7 heteroatoms. The average Bonchev–Trinajstić information content (AvgIpc) is 2.95. The molecule has 0 aliphatic heterocycles. The third kappa shape index (κ3) is 3.75. The van der Waals surface area contributed by atoms with Gasteiger partial charge in [-0.25, -0.2) is 4.98 Å². The zero-order chi connectivity index (χ0) is 15.6. The van der Waals surface area contributed by atoms with Crippen molar-refractivity contribution in [2.45, 2.75) is 39.8 Å². The number of hydrogen-bond donors (Lipinski definition) is 3. The number of carbonyl (C=O) groups excluding carboxylic acids is 1. The van der Waals surface area contributed by atoms with Gasteiger partial charge in [0.2, 0.25) is 0 Å². The molecule has 2 aromatic rings. The highest BCUT2D eigenvalue weighted by Gasteiger charge is 2.20. The number of nitrogen functional groups attached to an aromatic ring is 1. The minimum Gasteiger partial charge on any atom is -0.464 e. The number of nitrogens with two attached hydrogens (primary N) is 1. The molecule has 0 aliphatic rings. The monoisotopic (exact) mass is 308 g/mol. The maximum absolute atomic E-state index is 12.3. The van der Waals surface area contributed by atoms with E-state index in [1.165, 1.54) is 11.3 Å². The van der Waals surface area contributed by atoms with Crippen LogP contribution < -0.4 is 16.4 Å². The number of thiazole rings is 1. The van der Waals surface area contributed by atoms with Gasteiger partial charge >= 0.3 is 0 Å². The molecule has 2 aromatic heterocycles. The number of nitrogens with zero attached hydrogens (tertiary/aromatic N) is 1. The Kier molecular flexibility index (Phi) is 4.52. The summed E-state index contributed by atoms with van der Waals surface area (Å²) in [5, 5.41) is 6.65. The first-order valence-electron chi connectivity index (χ1n) is 6.77. The van der Waals surface area contributed by atoms with E-state index in [2.05, 4.69) is 15.6 Å². The molecule has 0 aromatic carbocycles. The fraction of sp³-hybridized carbons (Fsp3) is 0.429. The van der Waals surface area contributed by atoms with Gasteiger partial charge < -0.3 is 20.8 Å². The molecular formula is C14H20N4O2S. The molecule has 1 amide bonds. The molecule has 0 bridgehead atoms. The van der Waals surface area contributed by atoms with Crippen molar-refractivity contribution in [1.82, 2.24) is 10.3 Å². The first-order valence-corrected chi connectivity index (χ1v) is 7.58. The minimum absolute atomic E-state index is 0.228. The van der Waals surface area contributed by atoms with Crippen molar-refractivity contribution in [3.8, 4) is 0 Å². The molecule has 1 atom stereocenters. The Bertz CT molecular complexity index is 633. The highest BCUT2D eigenvalue weighted by Crippen LogP contribution is 2.26. The van der Waals surface area contributed by atoms with Crippen molar-refractivity contribution in [1.29, 1.82) is 0 Å². The number of rotatable bonds is 5. The third-order valence-corrected chi connectivity index (χ3v) is 3.81. The van der Waals surface area contributed by atoms with Gasteiger partial charge in [0, 0.05) is 6.04 Å². The van der Waals surface area contributed by atoms with E-state index in [9.17, 15) is 4.79 Å². The van der Waals surface area contributed by atoms with Crippen molar-refractivity contribution in [2.24, 2.45) is 0 Å². The van der Waals surface area contributed by atoms with E-state index in [0.717, 1.165) is 5.76 Å². The molecule has 1 unspecified atom stereocenters. The lowest BCUT2D eigenvalue weighted by Crippen LogP contribution is -2.26. The van der Waals surface area contributed by atoms with Crippen LogP contribution in [0, 0.1) is 6.92 Å². The number of amides is 1. The predicted molar refractivity (Wildman–Crippen MR) is 84.6 cm³/mol. The van der Waals surface area contributed by atoms with E-state index in [4.69, 9.17) is 10.2 Å². The molecular weight excluding hydrogens is 288 g/mol. The van der Waals surface area contributed by atoms with Crippen molar-refractivity contribution in [3.63, 3.8) is 0 Å². The first kappa shape index (κ1) is 15.4. The second kappa shape index (κ2) is 6.17. The van der Waals surface area contributed by atoms with Crippen LogP contribution in [0.1, 0.15) is 48.0 Å². The molecule has 4 N–H and O–H groups in total. The van der Waals surface area contributed by atoms with Crippen molar-refractivity contribution < 1.29 is 9.21 Å². The summed E-state index contributed by atoms with van der Waals surface area (Å²) >= 11 is 1.25. The Labute approximate surface area is 127 Å². The van der Waals surface area contributed by atoms with Crippen LogP contribution in [0.2, 0.25) is 0 Å². The largest absolute Gasteiger partial charge is 0.464 e. The van der Waals surface area contributed by atoms with Gasteiger partial charge in [0.15, 0.2) is 5.13 Å². The van der Waals surface area contributed by atoms with Gasteiger partial charge in [-0.05, 0) is 39.8 Å². The van der Waals surface area contributed by atoms with Gasteiger partial charge in [0.25, 0.3) is 5.91 Å². The summed E-state index contributed by atoms with van der Waals surface area (Å²) in [6, 6.07) is 3.72. The van der Waals surface area contributed by atoms with E-state index >= 15 is 0 Å². The molecule has 0 aliphatic carbocycles. The standard InChI is InChI=1S/C14H20N4O2S/c1-7(2)16-14-18-12(15)11(21-14)13(19)17-9(4)10-6-5-8(3)20-10/h5-7,9H,15H2,1-4H3,(H,16,18)(H,17,19). The summed E-state index contributed by atoms with van der Waals surface area (Å²) in [6.07, 6.45) is 0. The van der Waals surface area contributed by atoms with Crippen LogP contribution in [0.25, 0.3) is 0 Å². The fourth-order valence-electron chi connectivity index (χ4n) is 1.82. The quantitative estimate of drug-likeness (QED) is 0.789. The summed E-state index contributed by atoms with van der Waals surface area (Å²) in [4.78, 5) is 16.8. The number of aromatic nitrogens is 1. The fourth-order valence-corrected chi connectivity index (χ4v) is 2.76. The Morgan fingerprint density at radius 2 is 2.10 bits per heavy atom. The molecule has 0 saturated heterocycles. The molecule has 0 spiro atoms. The van der Waals surface area contributed by atoms with Gasteiger partial charge in [0.05, 0.1) is 6.04 Å². The van der Waals surface area contributed by atoms with Gasteiger partial charge in [-0.2, -0.15) is 0 Å². The van der Waals surface area contributed by atoms with E-state index in [-0.39, 0.29) is 23.8 Å². The lowest BCUT2D eigenvalue weighted by molar-refractivity contribution is 0.0940. The van der Waals surface area contributed by atoms with Crippen LogP contribution in [0.3, 0.4) is 0 Å². The summed E-state index contributed by atoms with van der Waals surface area (Å²) in [5.41, 5.74) is 5.81. The second-order valence-corrected chi connectivity index (χ2v) is 6.18. The lowest BCUT2D eigenvalue weighted by atomic mass is 10.2. The van der Waals surface area contributed by atoms with Crippen LogP contribution >= 0.6 is 11.3 Å². The number of furan rings is 1. The van der Waals surface area contributed by atoms with Crippen LogP contribution in [-0.4, -0.2) is 16.9 Å². The van der Waals surface area contributed by atoms with Gasteiger partial charge in [-0.15, -0.1) is 0 Å². The summed E-state index contributed by atoms with van der Waals surface area (Å²) in [6.45, 7) is 7.72. The number of carbonyl (C=O) groups is 1. The van der Waals surface area contributed by atoms with Crippen molar-refractivity contribution in [2.75, 3.05) is 11.1 Å². The Hall–Kier alpha value is -2.02. The van der Waals surface area contributed by atoms with E-state index in [1.54, 1.807) is 0 Å². The van der Waals surface area contributed by atoms with Crippen molar-refractivity contribution in [3.05, 3.63) is 28.5 Å². The van der Waals surface area contributed by atoms with E-state index in [0.29, 0.717) is 15.8 Å². The van der Waals surface area contributed by atoms with E-state index in [1.807, 2.05) is 39.8 Å². The molecule has 21 heavy (non-hydrogen) atoms. The zero-order valence-corrected chi connectivity index (χ0v) is 13.4. The number of hydrogen-bond acceptors (Lipinski definition) is 6. The minimum atomic E-state index is -0.247. The lowest BCUT2D eigenvalue weighted by Gasteiger charge is -2.10. The maximum atomic E-state index is 12.3. The normalized spacial score (nSPS) is 12.4. The Morgan fingerprint density at radius 3 is 2.67 bits per heavy atom. The van der Waals surface area contributed by atoms with Gasteiger partial charge in [-0.1, -0.05) is 11.3 Å². The molecule has 2 rings (SSSR count). The Morgan fingerprint density at radius 1 is 1.38 bits per heavy atom. The molecule has 6 nitrogen and oxygen atoms in total. The summed E-state index contributed by atoms with van der Waals surface area (Å²) < 4.78 is 5.50. The molecule has 0 fully saturated rings. The topological polar surface area (TPSA) is 93.2 Å². The molecule has 114 valence electrons. The SMILES string of the molecule is Cc1ccc(C(C)NC(=O)c2sc(NC(C)C)nc2N)o1. The smallest absolute Gasteiger partial charge is 0.265 e. The number of aryl methyl sites for hydroxylation is 1. The molecule has 2 heterocycles. The second-order valence-electron chi connectivity index (χ2n) is 5.18. The number of anilines is 2. The molecule has 0 radical (unpaired) electrons. The summed E-state index contributed by atoms with van der Waals surface area (Å²) in [7, 11) is 0. The number of nitrogens with one attached hydrogen (secondary N) is 2. The summed E-state index contributed by atoms with van der Waals surface area (Å²) in [5.74, 6) is 1.52. The van der Waals surface area contributed by atoms with Crippen LogP contribution in [0.15, 0.2) is 16.5 Å². The highest BCUT2D eigenvalue weighted by atomic mass is 32.1. The maximum Gasteiger partial charge on any atom is 0.265 e. The average molecular weight is 308 g/mol. The molecule has 0 saturated carbocycles. The predicted octanol–water partition coefficient (Wildman–Crippen LogP) is 2.94. The van der Waals surface area contributed by atoms with Gasteiger partial charge in [0.1, 0.15) is 22.2 Å².